The van der Waals surface area contributed by atoms with E-state index in [2.05, 4.69) is 38.9 Å². The molecule has 0 atom stereocenters. The summed E-state index contributed by atoms with van der Waals surface area (Å²) in [5.74, 6) is 5.17. The predicted octanol–water partition coefficient (Wildman–Crippen LogP) is 2.21. The first-order chi connectivity index (χ1) is 6.07. The number of nitrogens with two attached hydrogens (primary N) is 1. The first-order valence-electron chi connectivity index (χ1n) is 4.38. The molecule has 13 heavy (non-hydrogen) atoms. The fourth-order valence-corrected chi connectivity index (χ4v) is 1.52. The van der Waals surface area contributed by atoms with Gasteiger partial charge in [-0.25, -0.2) is 0 Å². The van der Waals surface area contributed by atoms with Crippen LogP contribution in [0.2, 0.25) is 0 Å². The van der Waals surface area contributed by atoms with Gasteiger partial charge >= 0.3 is 0 Å². The van der Waals surface area contributed by atoms with Crippen molar-refractivity contribution < 1.29 is 0 Å². The minimum atomic E-state index is 1.15. The summed E-state index contributed by atoms with van der Waals surface area (Å²) in [4.78, 5) is 0. The Kier molecular flexibility index (Phi) is 2.71. The molecule has 1 aromatic rings. The second-order valence-corrected chi connectivity index (χ2v) is 3.45. The maximum absolute atomic E-state index is 5.17. The third-order valence-corrected chi connectivity index (χ3v) is 2.63. The molecule has 0 bridgehead atoms. The third kappa shape index (κ3) is 1.72. The zero-order valence-electron chi connectivity index (χ0n) is 8.68. The lowest BCUT2D eigenvalue weighted by atomic mass is 9.95. The SMILES string of the molecule is Cc1cc(C)c(C)c(C=NN)c1C. The van der Waals surface area contributed by atoms with Crippen LogP contribution in [-0.4, -0.2) is 6.21 Å². The van der Waals surface area contributed by atoms with Gasteiger partial charge in [-0.05, 0) is 49.9 Å². The van der Waals surface area contributed by atoms with Gasteiger partial charge in [0.05, 0.1) is 6.21 Å². The lowest BCUT2D eigenvalue weighted by molar-refractivity contribution is 1.21. The van der Waals surface area contributed by atoms with Crippen molar-refractivity contribution in [3.63, 3.8) is 0 Å². The minimum absolute atomic E-state index is 1.15. The van der Waals surface area contributed by atoms with E-state index >= 15 is 0 Å². The molecule has 1 rings (SSSR count). The van der Waals surface area contributed by atoms with Crippen LogP contribution in [0, 0.1) is 27.7 Å². The van der Waals surface area contributed by atoms with E-state index in [0.29, 0.717) is 0 Å². The molecule has 0 aromatic heterocycles. The molecule has 0 radical (unpaired) electrons. The summed E-state index contributed by atoms with van der Waals surface area (Å²) in [6, 6.07) is 2.19. The van der Waals surface area contributed by atoms with E-state index in [1.807, 2.05) is 0 Å². The molecule has 1 aromatic carbocycles. The zero-order valence-corrected chi connectivity index (χ0v) is 8.68. The minimum Gasteiger partial charge on any atom is -0.323 e. The highest BCUT2D eigenvalue weighted by Gasteiger charge is 2.05. The quantitative estimate of drug-likeness (QED) is 0.397. The fourth-order valence-electron chi connectivity index (χ4n) is 1.52. The van der Waals surface area contributed by atoms with Crippen LogP contribution >= 0.6 is 0 Å². The molecule has 70 valence electrons. The van der Waals surface area contributed by atoms with Gasteiger partial charge in [0, 0.05) is 5.56 Å². The summed E-state index contributed by atoms with van der Waals surface area (Å²) >= 11 is 0. The van der Waals surface area contributed by atoms with Crippen molar-refractivity contribution in [2.24, 2.45) is 10.9 Å². The van der Waals surface area contributed by atoms with Crippen molar-refractivity contribution in [3.8, 4) is 0 Å². The van der Waals surface area contributed by atoms with Crippen LogP contribution in [0.25, 0.3) is 0 Å². The Labute approximate surface area is 79.5 Å². The average Bonchev–Trinajstić information content (AvgIpc) is 2.09. The van der Waals surface area contributed by atoms with Gasteiger partial charge in [0.2, 0.25) is 0 Å². The van der Waals surface area contributed by atoms with E-state index in [1.165, 1.54) is 22.3 Å². The lowest BCUT2D eigenvalue weighted by Crippen LogP contribution is -1.99. The van der Waals surface area contributed by atoms with E-state index in [0.717, 1.165) is 5.56 Å². The standard InChI is InChI=1S/C11H16N2/c1-7-5-8(2)10(4)11(6-13-12)9(7)3/h5-6H,12H2,1-4H3. The number of benzene rings is 1. The molecule has 0 aliphatic carbocycles. The van der Waals surface area contributed by atoms with Gasteiger partial charge in [0.25, 0.3) is 0 Å². The summed E-state index contributed by atoms with van der Waals surface area (Å²) in [6.07, 6.45) is 1.73. The van der Waals surface area contributed by atoms with Crippen LogP contribution in [0.3, 0.4) is 0 Å². The Bertz CT molecular complexity index is 325. The molecule has 0 heterocycles. The van der Waals surface area contributed by atoms with Crippen molar-refractivity contribution in [1.82, 2.24) is 0 Å². The first-order valence-corrected chi connectivity index (χ1v) is 4.38. The van der Waals surface area contributed by atoms with Gasteiger partial charge < -0.3 is 5.84 Å². The molecule has 0 unspecified atom stereocenters. The summed E-state index contributed by atoms with van der Waals surface area (Å²) in [6.45, 7) is 8.41. The molecule has 2 N–H and O–H groups in total. The Morgan fingerprint density at radius 3 is 1.92 bits per heavy atom. The average molecular weight is 176 g/mol. The molecule has 0 fully saturated rings. The highest BCUT2D eigenvalue weighted by molar-refractivity contribution is 5.84. The molecule has 0 aliphatic rings. The third-order valence-electron chi connectivity index (χ3n) is 2.63. The monoisotopic (exact) mass is 176 g/mol. The van der Waals surface area contributed by atoms with E-state index in [1.54, 1.807) is 6.21 Å². The molecule has 0 saturated heterocycles. The number of hydrogen-bond acceptors (Lipinski definition) is 2. The van der Waals surface area contributed by atoms with Gasteiger partial charge in [-0.3, -0.25) is 0 Å². The second-order valence-electron chi connectivity index (χ2n) is 3.45. The van der Waals surface area contributed by atoms with Gasteiger partial charge in [0.1, 0.15) is 0 Å². The van der Waals surface area contributed by atoms with E-state index in [9.17, 15) is 0 Å². The Morgan fingerprint density at radius 1 is 1.08 bits per heavy atom. The summed E-state index contributed by atoms with van der Waals surface area (Å²) in [5.41, 5.74) is 6.26. The normalized spacial score (nSPS) is 11.1. The van der Waals surface area contributed by atoms with Crippen molar-refractivity contribution in [2.75, 3.05) is 0 Å². The smallest absolute Gasteiger partial charge is 0.0543 e. The van der Waals surface area contributed by atoms with Crippen molar-refractivity contribution in [1.29, 1.82) is 0 Å². The summed E-state index contributed by atoms with van der Waals surface area (Å²) in [5, 5.41) is 3.58. The predicted molar refractivity (Wildman–Crippen MR) is 57.2 cm³/mol. The topological polar surface area (TPSA) is 38.4 Å². The van der Waals surface area contributed by atoms with Crippen LogP contribution in [0.5, 0.6) is 0 Å². The van der Waals surface area contributed by atoms with Crippen LogP contribution in [0.4, 0.5) is 0 Å². The highest BCUT2D eigenvalue weighted by Crippen LogP contribution is 2.19. The molecular weight excluding hydrogens is 160 g/mol. The van der Waals surface area contributed by atoms with Crippen LogP contribution in [0.15, 0.2) is 11.2 Å². The number of nitrogens with zero attached hydrogens (tertiary/aromatic N) is 1. The molecule has 0 spiro atoms. The number of hydrogen-bond donors (Lipinski definition) is 1. The zero-order chi connectivity index (χ0) is 10.0. The molecule has 2 heteroatoms. The Balaban J connectivity index is 3.46. The lowest BCUT2D eigenvalue weighted by Gasteiger charge is -2.10. The molecule has 2 nitrogen and oxygen atoms in total. The Morgan fingerprint density at radius 2 is 1.54 bits per heavy atom. The maximum Gasteiger partial charge on any atom is 0.0543 e. The van der Waals surface area contributed by atoms with Crippen molar-refractivity contribution in [2.45, 2.75) is 27.7 Å². The molecule has 0 aliphatic heterocycles. The van der Waals surface area contributed by atoms with Gasteiger partial charge in [-0.2, -0.15) is 5.10 Å². The molecule has 0 saturated carbocycles. The summed E-state index contributed by atoms with van der Waals surface area (Å²) in [7, 11) is 0. The van der Waals surface area contributed by atoms with Crippen molar-refractivity contribution in [3.05, 3.63) is 33.9 Å². The van der Waals surface area contributed by atoms with Crippen LogP contribution < -0.4 is 5.84 Å². The first kappa shape index (κ1) is 9.78. The number of rotatable bonds is 1. The number of hydrazone groups is 1. The summed E-state index contributed by atoms with van der Waals surface area (Å²) < 4.78 is 0. The van der Waals surface area contributed by atoms with Gasteiger partial charge in [-0.1, -0.05) is 6.07 Å². The Hall–Kier alpha value is -1.31. The second kappa shape index (κ2) is 3.60. The largest absolute Gasteiger partial charge is 0.323 e. The van der Waals surface area contributed by atoms with E-state index in [4.69, 9.17) is 5.84 Å². The van der Waals surface area contributed by atoms with Crippen LogP contribution in [-0.2, 0) is 0 Å². The van der Waals surface area contributed by atoms with Crippen LogP contribution in [0.1, 0.15) is 27.8 Å². The highest BCUT2D eigenvalue weighted by atomic mass is 15.1. The molecule has 0 amide bonds. The van der Waals surface area contributed by atoms with E-state index < -0.39 is 0 Å². The molecular formula is C11H16N2. The van der Waals surface area contributed by atoms with Gasteiger partial charge in [-0.15, -0.1) is 0 Å². The van der Waals surface area contributed by atoms with Crippen molar-refractivity contribution >= 4 is 6.21 Å². The number of aryl methyl sites for hydroxylation is 2. The fraction of sp³-hybridized carbons (Fsp3) is 0.364. The maximum atomic E-state index is 5.17. The van der Waals surface area contributed by atoms with Gasteiger partial charge in [0.15, 0.2) is 0 Å². The van der Waals surface area contributed by atoms with E-state index in [-0.39, 0.29) is 0 Å².